The summed E-state index contributed by atoms with van der Waals surface area (Å²) in [7, 11) is 1.27. The van der Waals surface area contributed by atoms with Crippen molar-refractivity contribution in [3.05, 3.63) is 16.3 Å². The topological polar surface area (TPSA) is 55.4 Å². The number of anilines is 1. The van der Waals surface area contributed by atoms with Gasteiger partial charge in [0.1, 0.15) is 4.88 Å². The van der Waals surface area contributed by atoms with Gasteiger partial charge in [0.05, 0.1) is 12.8 Å². The third-order valence-corrected chi connectivity index (χ3v) is 2.31. The number of amides is 1. The smallest absolute Gasteiger partial charge is 0.350 e. The Morgan fingerprint density at radius 3 is 2.93 bits per heavy atom. The highest BCUT2D eigenvalue weighted by Crippen LogP contribution is 2.22. The lowest BCUT2D eigenvalue weighted by Gasteiger charge is -2.00. The summed E-state index contributed by atoms with van der Waals surface area (Å²) in [6.45, 7) is 0. The number of nitrogens with one attached hydrogen (secondary N) is 1. The molecular weight excluding hydrogens is 202 g/mol. The zero-order chi connectivity index (χ0) is 10.6. The molecule has 1 rings (SSSR count). The monoisotopic (exact) mass is 209 g/mol. The molecule has 4 nitrogen and oxygen atoms in total. The molecule has 0 aliphatic heterocycles. The molecule has 5 heteroatoms. The Morgan fingerprint density at radius 2 is 2.36 bits per heavy atom. The lowest BCUT2D eigenvalue weighted by molar-refractivity contribution is -0.111. The summed E-state index contributed by atoms with van der Waals surface area (Å²) in [4.78, 5) is 22.3. The van der Waals surface area contributed by atoms with Crippen LogP contribution in [0.1, 0.15) is 9.67 Å². The van der Waals surface area contributed by atoms with Gasteiger partial charge in [-0.25, -0.2) is 4.79 Å². The summed E-state index contributed by atoms with van der Waals surface area (Å²) in [5.41, 5.74) is 0.379. The maximum Gasteiger partial charge on any atom is 0.350 e. The van der Waals surface area contributed by atoms with Crippen molar-refractivity contribution in [3.8, 4) is 12.3 Å². The number of rotatable bonds is 2. The van der Waals surface area contributed by atoms with Gasteiger partial charge in [0.2, 0.25) is 0 Å². The summed E-state index contributed by atoms with van der Waals surface area (Å²) in [6.07, 6.45) is 4.87. The van der Waals surface area contributed by atoms with E-state index in [9.17, 15) is 9.59 Å². The highest BCUT2D eigenvalue weighted by Gasteiger charge is 2.14. The Bertz CT molecular complexity index is 402. The van der Waals surface area contributed by atoms with Crippen LogP contribution in [0.2, 0.25) is 0 Å². The van der Waals surface area contributed by atoms with Crippen molar-refractivity contribution >= 4 is 28.9 Å². The van der Waals surface area contributed by atoms with Crippen molar-refractivity contribution in [2.45, 2.75) is 0 Å². The first-order chi connectivity index (χ1) is 6.69. The van der Waals surface area contributed by atoms with Crippen molar-refractivity contribution in [1.82, 2.24) is 0 Å². The predicted octanol–water partition coefficient (Wildman–Crippen LogP) is 1.11. The first kappa shape index (κ1) is 10.3. The quantitative estimate of drug-likeness (QED) is 0.586. The van der Waals surface area contributed by atoms with Crippen LogP contribution >= 0.6 is 11.3 Å². The second-order valence-corrected chi connectivity index (χ2v) is 3.17. The minimum atomic E-state index is -0.589. The average molecular weight is 209 g/mol. The largest absolute Gasteiger partial charge is 0.465 e. The molecule has 72 valence electrons. The molecule has 0 unspecified atom stereocenters. The van der Waals surface area contributed by atoms with E-state index in [4.69, 9.17) is 6.42 Å². The van der Waals surface area contributed by atoms with E-state index in [1.165, 1.54) is 18.4 Å². The fourth-order valence-electron chi connectivity index (χ4n) is 0.817. The van der Waals surface area contributed by atoms with E-state index in [-0.39, 0.29) is 0 Å². The number of hydrogen-bond donors (Lipinski definition) is 1. The Kier molecular flexibility index (Phi) is 3.26. The van der Waals surface area contributed by atoms with E-state index in [1.807, 2.05) is 5.92 Å². The van der Waals surface area contributed by atoms with Crippen molar-refractivity contribution < 1.29 is 14.3 Å². The molecule has 14 heavy (non-hydrogen) atoms. The van der Waals surface area contributed by atoms with Gasteiger partial charge in [0, 0.05) is 0 Å². The first-order valence-electron chi connectivity index (χ1n) is 3.62. The second kappa shape index (κ2) is 4.44. The number of carbonyl (C=O) groups is 2. The lowest BCUT2D eigenvalue weighted by Crippen LogP contribution is -2.10. The van der Waals surface area contributed by atoms with Gasteiger partial charge in [-0.15, -0.1) is 17.8 Å². The summed E-state index contributed by atoms with van der Waals surface area (Å²) in [5.74, 6) is 0.807. The molecular formula is C9H7NO3S. The number of carbonyl (C=O) groups excluding carboxylic acids is 2. The highest BCUT2D eigenvalue weighted by molar-refractivity contribution is 7.12. The molecule has 1 heterocycles. The van der Waals surface area contributed by atoms with Gasteiger partial charge in [0.15, 0.2) is 0 Å². The fourth-order valence-corrected chi connectivity index (χ4v) is 1.58. The third-order valence-electron chi connectivity index (χ3n) is 1.42. The van der Waals surface area contributed by atoms with Crippen molar-refractivity contribution in [3.63, 3.8) is 0 Å². The molecule has 1 aromatic heterocycles. The molecule has 0 aromatic carbocycles. The zero-order valence-corrected chi connectivity index (χ0v) is 8.18. The summed E-state index contributed by atoms with van der Waals surface area (Å²) < 4.78 is 4.52. The normalized spacial score (nSPS) is 8.86. The number of terminal acetylenes is 1. The van der Waals surface area contributed by atoms with E-state index in [0.29, 0.717) is 10.6 Å². The Hall–Kier alpha value is -1.80. The van der Waals surface area contributed by atoms with Gasteiger partial charge in [-0.1, -0.05) is 0 Å². The standard InChI is InChI=1S/C9H7NO3S/c1-3-7(11)10-6-4-5-14-8(6)9(12)13-2/h1,4-5H,2H3,(H,10,11). The van der Waals surface area contributed by atoms with Crippen LogP contribution < -0.4 is 5.32 Å². The maximum absolute atomic E-state index is 11.2. The van der Waals surface area contributed by atoms with E-state index in [2.05, 4.69) is 10.1 Å². The predicted molar refractivity (Wildman–Crippen MR) is 53.1 cm³/mol. The van der Waals surface area contributed by atoms with Gasteiger partial charge in [-0.3, -0.25) is 4.79 Å². The first-order valence-corrected chi connectivity index (χ1v) is 4.50. The zero-order valence-electron chi connectivity index (χ0n) is 7.37. The molecule has 0 radical (unpaired) electrons. The van der Waals surface area contributed by atoms with Gasteiger partial charge < -0.3 is 10.1 Å². The van der Waals surface area contributed by atoms with Crippen LogP contribution in [-0.2, 0) is 9.53 Å². The van der Waals surface area contributed by atoms with Gasteiger partial charge in [-0.2, -0.15) is 0 Å². The molecule has 0 bridgehead atoms. The van der Waals surface area contributed by atoms with E-state index in [0.717, 1.165) is 0 Å². The maximum atomic E-state index is 11.2. The van der Waals surface area contributed by atoms with Gasteiger partial charge >= 0.3 is 5.97 Å². The van der Waals surface area contributed by atoms with Crippen LogP contribution in [0.5, 0.6) is 0 Å². The van der Waals surface area contributed by atoms with Crippen LogP contribution in [0.25, 0.3) is 0 Å². The van der Waals surface area contributed by atoms with Crippen molar-refractivity contribution in [2.75, 3.05) is 12.4 Å². The van der Waals surface area contributed by atoms with Crippen LogP contribution in [0.15, 0.2) is 11.4 Å². The number of esters is 1. The molecule has 0 spiro atoms. The Balaban J connectivity index is 2.89. The SMILES string of the molecule is C#CC(=O)Nc1ccsc1C(=O)OC. The lowest BCUT2D eigenvalue weighted by atomic mass is 10.4. The number of methoxy groups -OCH3 is 1. The highest BCUT2D eigenvalue weighted by atomic mass is 32.1. The average Bonchev–Trinajstić information content (AvgIpc) is 2.64. The number of ether oxygens (including phenoxy) is 1. The van der Waals surface area contributed by atoms with E-state index in [1.54, 1.807) is 11.4 Å². The molecule has 0 aliphatic carbocycles. The second-order valence-electron chi connectivity index (χ2n) is 2.25. The molecule has 1 aromatic rings. The van der Waals surface area contributed by atoms with Crippen LogP contribution in [0.4, 0.5) is 5.69 Å². The number of thiophene rings is 1. The molecule has 1 amide bonds. The number of hydrogen-bond acceptors (Lipinski definition) is 4. The summed E-state index contributed by atoms with van der Waals surface area (Å²) >= 11 is 1.18. The Labute approximate surface area is 84.9 Å². The molecule has 0 fully saturated rings. The molecule has 0 saturated heterocycles. The summed E-state index contributed by atoms with van der Waals surface area (Å²) in [6, 6.07) is 1.59. The summed E-state index contributed by atoms with van der Waals surface area (Å²) in [5, 5.41) is 4.06. The van der Waals surface area contributed by atoms with E-state index < -0.39 is 11.9 Å². The minimum Gasteiger partial charge on any atom is -0.465 e. The molecule has 0 atom stereocenters. The van der Waals surface area contributed by atoms with Gasteiger partial charge in [-0.05, 0) is 17.4 Å². The van der Waals surface area contributed by atoms with Crippen molar-refractivity contribution in [1.29, 1.82) is 0 Å². The molecule has 1 N–H and O–H groups in total. The minimum absolute atomic E-state index is 0.330. The van der Waals surface area contributed by atoms with Crippen LogP contribution in [0, 0.1) is 12.3 Å². The Morgan fingerprint density at radius 1 is 1.64 bits per heavy atom. The molecule has 0 saturated carbocycles. The van der Waals surface area contributed by atoms with Crippen LogP contribution in [-0.4, -0.2) is 19.0 Å². The van der Waals surface area contributed by atoms with E-state index >= 15 is 0 Å². The van der Waals surface area contributed by atoms with Gasteiger partial charge in [0.25, 0.3) is 5.91 Å². The third kappa shape index (κ3) is 2.12. The molecule has 0 aliphatic rings. The van der Waals surface area contributed by atoms with Crippen molar-refractivity contribution in [2.24, 2.45) is 0 Å². The fraction of sp³-hybridized carbons (Fsp3) is 0.111. The van der Waals surface area contributed by atoms with Crippen LogP contribution in [0.3, 0.4) is 0 Å².